The summed E-state index contributed by atoms with van der Waals surface area (Å²) in [6, 6.07) is 66.0. The van der Waals surface area contributed by atoms with E-state index in [2.05, 4.69) is 166 Å². The van der Waals surface area contributed by atoms with Crippen LogP contribution in [-0.4, -0.2) is 20.8 Å². The van der Waals surface area contributed by atoms with Gasteiger partial charge in [-0.25, -0.2) is 9.98 Å². The van der Waals surface area contributed by atoms with E-state index in [0.717, 1.165) is 72.4 Å². The van der Waals surface area contributed by atoms with Gasteiger partial charge in [0.05, 0.1) is 27.8 Å². The molecule has 0 aliphatic carbocycles. The first-order chi connectivity index (χ1) is 28.3. The molecule has 0 saturated carbocycles. The van der Waals surface area contributed by atoms with Gasteiger partial charge in [0, 0.05) is 49.1 Å². The first kappa shape index (κ1) is 31.6. The van der Waals surface area contributed by atoms with E-state index >= 15 is 0 Å². The molecule has 6 nitrogen and oxygen atoms in total. The second-order valence-corrected chi connectivity index (χ2v) is 14.6. The van der Waals surface area contributed by atoms with Crippen LogP contribution < -0.4 is 5.32 Å². The minimum absolute atomic E-state index is 0.287. The van der Waals surface area contributed by atoms with E-state index in [1.807, 2.05) is 36.4 Å². The number of rotatable bonds is 5. The van der Waals surface area contributed by atoms with Gasteiger partial charge in [-0.15, -0.1) is 0 Å². The third kappa shape index (κ3) is 4.84. The Morgan fingerprint density at radius 1 is 0.474 bits per heavy atom. The average Bonchev–Trinajstić information content (AvgIpc) is 3.95. The number of hydrogen-bond acceptors (Lipinski definition) is 4. The van der Waals surface area contributed by atoms with E-state index in [1.54, 1.807) is 0 Å². The van der Waals surface area contributed by atoms with Crippen molar-refractivity contribution < 1.29 is 4.42 Å². The number of nitrogens with one attached hydrogen (secondary N) is 1. The molecular weight excluding hydrogens is 699 g/mol. The summed E-state index contributed by atoms with van der Waals surface area (Å²) in [7, 11) is 0. The minimum atomic E-state index is -0.287. The van der Waals surface area contributed by atoms with Crippen LogP contribution in [0.1, 0.15) is 22.9 Å². The van der Waals surface area contributed by atoms with Crippen molar-refractivity contribution in [3.63, 3.8) is 0 Å². The van der Waals surface area contributed by atoms with Crippen LogP contribution in [0, 0.1) is 0 Å². The van der Waals surface area contributed by atoms with Crippen LogP contribution in [0.25, 0.3) is 76.9 Å². The molecule has 11 aromatic rings. The summed E-state index contributed by atoms with van der Waals surface area (Å²) in [5.41, 5.74) is 11.3. The van der Waals surface area contributed by atoms with E-state index in [4.69, 9.17) is 14.4 Å². The van der Waals surface area contributed by atoms with Crippen LogP contribution in [-0.2, 0) is 0 Å². The number of fused-ring (bicyclic) bond motifs is 10. The molecular formula is C51H33N5O. The summed E-state index contributed by atoms with van der Waals surface area (Å²) in [5, 5.41) is 10.5. The highest BCUT2D eigenvalue weighted by Gasteiger charge is 2.25. The molecule has 1 unspecified atom stereocenters. The monoisotopic (exact) mass is 731 g/mol. The van der Waals surface area contributed by atoms with Crippen molar-refractivity contribution in [3.05, 3.63) is 205 Å². The maximum absolute atomic E-state index is 7.00. The Bertz CT molecular complexity index is 3430. The number of para-hydroxylation sites is 4. The van der Waals surface area contributed by atoms with E-state index < -0.39 is 0 Å². The Balaban J connectivity index is 1.10. The molecule has 6 heteroatoms. The van der Waals surface area contributed by atoms with Gasteiger partial charge in [0.15, 0.2) is 11.4 Å². The molecule has 8 aromatic carbocycles. The Morgan fingerprint density at radius 3 is 1.81 bits per heavy atom. The largest absolute Gasteiger partial charge is 0.454 e. The molecule has 0 radical (unpaired) electrons. The van der Waals surface area contributed by atoms with Crippen LogP contribution >= 0.6 is 0 Å². The lowest BCUT2D eigenvalue weighted by Gasteiger charge is -2.23. The van der Waals surface area contributed by atoms with Crippen LogP contribution in [0.15, 0.2) is 202 Å². The Hall–Kier alpha value is -7.70. The van der Waals surface area contributed by atoms with E-state index in [-0.39, 0.29) is 6.17 Å². The predicted molar refractivity (Wildman–Crippen MR) is 234 cm³/mol. The number of aliphatic imine (C=N–C) groups is 2. The number of aromatic nitrogens is 2. The number of benzene rings is 8. The Labute approximate surface area is 327 Å². The molecule has 1 aliphatic rings. The van der Waals surface area contributed by atoms with Crippen molar-refractivity contribution >= 4 is 77.2 Å². The van der Waals surface area contributed by atoms with E-state index in [1.165, 1.54) is 27.1 Å². The van der Waals surface area contributed by atoms with Crippen molar-refractivity contribution in [3.8, 4) is 11.4 Å². The van der Waals surface area contributed by atoms with Crippen molar-refractivity contribution in [2.45, 2.75) is 6.17 Å². The standard InChI is InChI=1S/C51H33N5O/c1-4-15-32(16-5-1)49-52-50(33-17-6-2-7-18-33)54-51(53-49)34-27-28-38-41-23-14-26-44(48(41)57-45(38)31-34)56-43-25-13-11-22-37(43)40-30-29-39-36-21-10-12-24-42(36)55(46(39)47(40)56)35-19-8-3-9-20-35/h1-31,49H,(H,52,53,54). The second-order valence-electron chi connectivity index (χ2n) is 14.6. The molecule has 1 atom stereocenters. The zero-order valence-corrected chi connectivity index (χ0v) is 30.7. The van der Waals surface area contributed by atoms with Gasteiger partial charge in [-0.2, -0.15) is 0 Å². The molecule has 0 spiro atoms. The normalized spacial score (nSPS) is 14.5. The molecule has 3 aromatic heterocycles. The maximum atomic E-state index is 7.00. The van der Waals surface area contributed by atoms with Crippen LogP contribution in [0.5, 0.6) is 0 Å². The van der Waals surface area contributed by atoms with Gasteiger partial charge < -0.3 is 18.9 Å². The van der Waals surface area contributed by atoms with Crippen molar-refractivity contribution in [2.24, 2.45) is 9.98 Å². The van der Waals surface area contributed by atoms with Crippen LogP contribution in [0.3, 0.4) is 0 Å². The first-order valence-corrected chi connectivity index (χ1v) is 19.3. The molecule has 0 fully saturated rings. The second kappa shape index (κ2) is 12.4. The third-order valence-electron chi connectivity index (χ3n) is 11.4. The van der Waals surface area contributed by atoms with Gasteiger partial charge in [0.2, 0.25) is 0 Å². The molecule has 1 N–H and O–H groups in total. The molecule has 1 aliphatic heterocycles. The molecule has 0 saturated heterocycles. The fourth-order valence-electron chi connectivity index (χ4n) is 8.82. The summed E-state index contributed by atoms with van der Waals surface area (Å²) in [6.07, 6.45) is -0.287. The molecule has 268 valence electrons. The smallest absolute Gasteiger partial charge is 0.159 e. The molecule has 0 amide bonds. The zero-order valence-electron chi connectivity index (χ0n) is 30.7. The van der Waals surface area contributed by atoms with Crippen LogP contribution in [0.4, 0.5) is 0 Å². The lowest BCUT2D eigenvalue weighted by molar-refractivity contribution is 0.665. The summed E-state index contributed by atoms with van der Waals surface area (Å²) in [4.78, 5) is 10.2. The lowest BCUT2D eigenvalue weighted by Crippen LogP contribution is -2.33. The highest BCUT2D eigenvalue weighted by atomic mass is 16.3. The van der Waals surface area contributed by atoms with Crippen molar-refractivity contribution in [2.75, 3.05) is 0 Å². The summed E-state index contributed by atoms with van der Waals surface area (Å²) in [5.74, 6) is 1.44. The Kier molecular flexibility index (Phi) is 6.89. The Morgan fingerprint density at radius 2 is 1.07 bits per heavy atom. The van der Waals surface area contributed by atoms with Crippen molar-refractivity contribution in [1.82, 2.24) is 14.5 Å². The van der Waals surface area contributed by atoms with Gasteiger partial charge in [0.25, 0.3) is 0 Å². The number of amidine groups is 2. The molecule has 57 heavy (non-hydrogen) atoms. The summed E-state index contributed by atoms with van der Waals surface area (Å²) < 4.78 is 11.8. The predicted octanol–water partition coefficient (Wildman–Crippen LogP) is 12.3. The SMILES string of the molecule is c1ccc(C2=NC(c3ccc4c(c3)oc3c(-n5c6ccccc6c6ccc7c8ccccc8n(-c8ccccc8)c7c65)cccc34)=NC(c3ccccc3)N2)cc1. The van der Waals surface area contributed by atoms with Gasteiger partial charge in [-0.3, -0.25) is 0 Å². The van der Waals surface area contributed by atoms with Gasteiger partial charge in [-0.05, 0) is 48.0 Å². The molecule has 4 heterocycles. The fraction of sp³-hybridized carbons (Fsp3) is 0.0196. The lowest BCUT2D eigenvalue weighted by atomic mass is 10.1. The maximum Gasteiger partial charge on any atom is 0.159 e. The topological polar surface area (TPSA) is 59.8 Å². The molecule has 0 bridgehead atoms. The highest BCUT2D eigenvalue weighted by Crippen LogP contribution is 2.43. The van der Waals surface area contributed by atoms with E-state index in [0.29, 0.717) is 5.84 Å². The third-order valence-corrected chi connectivity index (χ3v) is 11.4. The first-order valence-electron chi connectivity index (χ1n) is 19.3. The van der Waals surface area contributed by atoms with Crippen molar-refractivity contribution in [1.29, 1.82) is 0 Å². The number of furan rings is 1. The molecule has 12 rings (SSSR count). The average molecular weight is 732 g/mol. The quantitative estimate of drug-likeness (QED) is 0.192. The summed E-state index contributed by atoms with van der Waals surface area (Å²) >= 11 is 0. The number of hydrogen-bond donors (Lipinski definition) is 1. The fourth-order valence-corrected chi connectivity index (χ4v) is 8.82. The zero-order chi connectivity index (χ0) is 37.5. The van der Waals surface area contributed by atoms with E-state index in [9.17, 15) is 0 Å². The van der Waals surface area contributed by atoms with Gasteiger partial charge in [-0.1, -0.05) is 146 Å². The minimum Gasteiger partial charge on any atom is -0.454 e. The highest BCUT2D eigenvalue weighted by molar-refractivity contribution is 6.24. The van der Waals surface area contributed by atoms with Gasteiger partial charge in [0.1, 0.15) is 17.6 Å². The summed E-state index contributed by atoms with van der Waals surface area (Å²) in [6.45, 7) is 0. The number of nitrogens with zero attached hydrogens (tertiary/aromatic N) is 4. The van der Waals surface area contributed by atoms with Gasteiger partial charge >= 0.3 is 0 Å². The van der Waals surface area contributed by atoms with Crippen LogP contribution in [0.2, 0.25) is 0 Å².